The highest BCUT2D eigenvalue weighted by Crippen LogP contribution is 2.50. The largest absolute Gasteiger partial charge is 0.493 e. The fourth-order valence-corrected chi connectivity index (χ4v) is 5.12. The highest BCUT2D eigenvalue weighted by atomic mass is 35.5. The number of benzene rings is 2. The van der Waals surface area contributed by atoms with Gasteiger partial charge >= 0.3 is 0 Å². The molecule has 0 heterocycles. The Morgan fingerprint density at radius 2 is 1.78 bits per heavy atom. The Hall–Kier alpha value is -3.42. The van der Waals surface area contributed by atoms with Crippen LogP contribution in [0.1, 0.15) is 36.1 Å². The first-order chi connectivity index (χ1) is 17.8. The monoisotopic (exact) mass is 542 g/mol. The summed E-state index contributed by atoms with van der Waals surface area (Å²) in [6, 6.07) is 12.1. The fraction of sp³-hybridized carbons (Fsp3) is 0.286. The van der Waals surface area contributed by atoms with Crippen molar-refractivity contribution in [1.29, 1.82) is 0 Å². The predicted octanol–water partition coefficient (Wildman–Crippen LogP) is 5.78. The summed E-state index contributed by atoms with van der Waals surface area (Å²) < 4.78 is 17.0. The highest BCUT2D eigenvalue weighted by Gasteiger charge is 2.29. The molecule has 1 aliphatic rings. The molecule has 1 atom stereocenters. The van der Waals surface area contributed by atoms with E-state index in [1.807, 2.05) is 18.2 Å². The van der Waals surface area contributed by atoms with Gasteiger partial charge in [0.1, 0.15) is 0 Å². The van der Waals surface area contributed by atoms with Gasteiger partial charge in [-0.3, -0.25) is 9.59 Å². The number of amides is 1. The predicted molar refractivity (Wildman–Crippen MR) is 146 cm³/mol. The second-order valence-electron chi connectivity index (χ2n) is 8.66. The van der Waals surface area contributed by atoms with Crippen LogP contribution in [0.3, 0.4) is 0 Å². The number of hydrogen-bond donors (Lipinski definition) is 2. The van der Waals surface area contributed by atoms with Crippen LogP contribution in [-0.2, 0) is 17.8 Å². The van der Waals surface area contributed by atoms with Gasteiger partial charge in [-0.05, 0) is 59.4 Å². The lowest BCUT2D eigenvalue weighted by Crippen LogP contribution is -2.26. The van der Waals surface area contributed by atoms with Gasteiger partial charge in [-0.1, -0.05) is 41.4 Å². The van der Waals surface area contributed by atoms with Gasteiger partial charge in [0.2, 0.25) is 17.1 Å². The summed E-state index contributed by atoms with van der Waals surface area (Å²) in [5.74, 6) is 1.32. The molecule has 37 heavy (non-hydrogen) atoms. The number of carbonyl (C=O) groups is 1. The summed E-state index contributed by atoms with van der Waals surface area (Å²) in [7, 11) is 4.69. The average molecular weight is 543 g/mol. The maximum Gasteiger partial charge on any atom is 0.217 e. The number of aryl methyl sites for hydroxylation is 1. The molecule has 0 fully saturated rings. The Balaban J connectivity index is 1.90. The maximum atomic E-state index is 13.4. The second kappa shape index (κ2) is 11.3. The number of hydrogen-bond acceptors (Lipinski definition) is 6. The lowest BCUT2D eigenvalue weighted by atomic mass is 9.95. The second-order valence-corrected chi connectivity index (χ2v) is 9.45. The Labute approximate surface area is 225 Å². The first kappa shape index (κ1) is 26.6. The van der Waals surface area contributed by atoms with E-state index in [9.17, 15) is 9.59 Å². The molecule has 4 rings (SSSR count). The van der Waals surface area contributed by atoms with E-state index in [1.165, 1.54) is 6.92 Å². The van der Waals surface area contributed by atoms with E-state index in [2.05, 4.69) is 10.6 Å². The molecule has 7 nitrogen and oxygen atoms in total. The Morgan fingerprint density at radius 3 is 2.46 bits per heavy atom. The SMILES string of the molecule is COc1cc2c(c(OC)c1OC)-c1ccc(NCc3cccc(Cl)c3Cl)c(=O)cc1[C@@H](NC(C)=O)CC2. The van der Waals surface area contributed by atoms with E-state index >= 15 is 0 Å². The molecular weight excluding hydrogens is 515 g/mol. The number of methoxy groups -OCH3 is 3. The quantitative estimate of drug-likeness (QED) is 0.393. The number of anilines is 1. The Morgan fingerprint density at radius 1 is 1.03 bits per heavy atom. The van der Waals surface area contributed by atoms with Crippen molar-refractivity contribution in [2.45, 2.75) is 32.4 Å². The molecule has 194 valence electrons. The van der Waals surface area contributed by atoms with Crippen molar-refractivity contribution in [3.05, 3.63) is 79.4 Å². The number of fused-ring (bicyclic) bond motifs is 3. The molecule has 1 amide bonds. The number of nitrogens with one attached hydrogen (secondary N) is 2. The van der Waals surface area contributed by atoms with Crippen molar-refractivity contribution >= 4 is 34.8 Å². The summed E-state index contributed by atoms with van der Waals surface area (Å²) in [4.78, 5) is 25.5. The van der Waals surface area contributed by atoms with Crippen molar-refractivity contribution < 1.29 is 19.0 Å². The van der Waals surface area contributed by atoms with E-state index in [0.717, 1.165) is 22.3 Å². The van der Waals surface area contributed by atoms with E-state index in [4.69, 9.17) is 37.4 Å². The zero-order valence-corrected chi connectivity index (χ0v) is 22.5. The molecule has 0 spiro atoms. The summed E-state index contributed by atoms with van der Waals surface area (Å²) >= 11 is 12.5. The summed E-state index contributed by atoms with van der Waals surface area (Å²) in [6.45, 7) is 1.77. The Kier molecular flexibility index (Phi) is 8.15. The van der Waals surface area contributed by atoms with Gasteiger partial charge in [-0.2, -0.15) is 0 Å². The minimum absolute atomic E-state index is 0.183. The minimum Gasteiger partial charge on any atom is -0.493 e. The average Bonchev–Trinajstić information content (AvgIpc) is 3.12. The van der Waals surface area contributed by atoms with Crippen molar-refractivity contribution in [2.75, 3.05) is 26.6 Å². The number of ether oxygens (including phenoxy) is 3. The van der Waals surface area contributed by atoms with Crippen LogP contribution in [-0.4, -0.2) is 27.2 Å². The van der Waals surface area contributed by atoms with Crippen LogP contribution in [0.4, 0.5) is 5.69 Å². The first-order valence-corrected chi connectivity index (χ1v) is 12.5. The van der Waals surface area contributed by atoms with Crippen LogP contribution in [0.5, 0.6) is 17.2 Å². The normalized spacial score (nSPS) is 14.1. The molecule has 0 saturated heterocycles. The van der Waals surface area contributed by atoms with Crippen molar-refractivity contribution in [1.82, 2.24) is 5.32 Å². The van der Waals surface area contributed by atoms with Gasteiger partial charge < -0.3 is 24.8 Å². The first-order valence-electron chi connectivity index (χ1n) is 11.7. The van der Waals surface area contributed by atoms with Crippen LogP contribution in [0.15, 0.2) is 47.3 Å². The molecule has 0 aliphatic heterocycles. The molecule has 3 aromatic carbocycles. The molecular formula is C28H28Cl2N2O5. The van der Waals surface area contributed by atoms with Crippen LogP contribution < -0.4 is 30.3 Å². The third-order valence-corrected chi connectivity index (χ3v) is 7.27. The van der Waals surface area contributed by atoms with E-state index in [0.29, 0.717) is 57.9 Å². The van der Waals surface area contributed by atoms with E-state index < -0.39 is 0 Å². The van der Waals surface area contributed by atoms with Crippen molar-refractivity contribution in [3.8, 4) is 28.4 Å². The molecule has 0 bridgehead atoms. The number of rotatable bonds is 7. The molecule has 3 aromatic rings. The van der Waals surface area contributed by atoms with E-state index in [-0.39, 0.29) is 17.4 Å². The van der Waals surface area contributed by atoms with Crippen LogP contribution in [0.2, 0.25) is 10.0 Å². The van der Waals surface area contributed by atoms with Crippen molar-refractivity contribution in [2.24, 2.45) is 0 Å². The fourth-order valence-electron chi connectivity index (χ4n) is 4.73. The summed E-state index contributed by atoms with van der Waals surface area (Å²) in [6.07, 6.45) is 1.21. The highest BCUT2D eigenvalue weighted by molar-refractivity contribution is 6.42. The molecule has 1 aliphatic carbocycles. The van der Waals surface area contributed by atoms with Gasteiger partial charge in [0, 0.05) is 19.0 Å². The molecule has 0 aromatic heterocycles. The van der Waals surface area contributed by atoms with Crippen LogP contribution in [0.25, 0.3) is 11.1 Å². The zero-order valence-electron chi connectivity index (χ0n) is 21.0. The maximum absolute atomic E-state index is 13.4. The standard InChI is InChI=1S/C28H28Cl2N2O5/c1-15(33)32-21-10-8-16-12-24(35-2)27(36-3)28(37-4)25(16)18-9-11-22(23(34)13-19(18)21)31-14-17-6-5-7-20(29)26(17)30/h5-7,9,11-13,21H,8,10,14H2,1-4H3,(H,31,34)(H,32,33)/t21-/m0/s1. The molecule has 2 N–H and O–H groups in total. The van der Waals surface area contributed by atoms with E-state index in [1.54, 1.807) is 45.6 Å². The third kappa shape index (κ3) is 5.33. The minimum atomic E-state index is -0.378. The molecule has 9 heteroatoms. The molecule has 0 saturated carbocycles. The van der Waals surface area contributed by atoms with Crippen molar-refractivity contribution in [3.63, 3.8) is 0 Å². The lowest BCUT2D eigenvalue weighted by molar-refractivity contribution is -0.119. The van der Waals surface area contributed by atoms with Crippen LogP contribution >= 0.6 is 23.2 Å². The van der Waals surface area contributed by atoms with Gasteiger partial charge in [0.25, 0.3) is 0 Å². The zero-order chi connectivity index (χ0) is 26.7. The number of halogens is 2. The van der Waals surface area contributed by atoms with Gasteiger partial charge in [0.05, 0.1) is 43.1 Å². The summed E-state index contributed by atoms with van der Waals surface area (Å²) in [5, 5.41) is 7.07. The van der Waals surface area contributed by atoms with Gasteiger partial charge in [-0.25, -0.2) is 0 Å². The van der Waals surface area contributed by atoms with Crippen LogP contribution in [0, 0.1) is 0 Å². The molecule has 0 unspecified atom stereocenters. The van der Waals surface area contributed by atoms with Gasteiger partial charge in [0.15, 0.2) is 11.5 Å². The number of carbonyl (C=O) groups excluding carboxylic acids is 1. The lowest BCUT2D eigenvalue weighted by Gasteiger charge is -2.19. The topological polar surface area (TPSA) is 85.9 Å². The summed E-state index contributed by atoms with van der Waals surface area (Å²) in [5.41, 5.74) is 4.13. The third-order valence-electron chi connectivity index (χ3n) is 6.42. The smallest absolute Gasteiger partial charge is 0.217 e. The Bertz CT molecular complexity index is 1410. The van der Waals surface area contributed by atoms with Gasteiger partial charge in [-0.15, -0.1) is 0 Å². The molecule has 0 radical (unpaired) electrons.